The number of hydrogen-bond acceptors (Lipinski definition) is 1. The minimum atomic E-state index is 0. The molecule has 0 aliphatic rings. The van der Waals surface area contributed by atoms with Gasteiger partial charge in [-0.25, -0.2) is 5.26 Å². The van der Waals surface area contributed by atoms with Crippen molar-refractivity contribution in [3.63, 3.8) is 0 Å². The number of rotatable bonds is 0. The molecule has 0 unspecified atom stereocenters. The number of nitriles is 1. The van der Waals surface area contributed by atoms with Crippen LogP contribution in [0.3, 0.4) is 0 Å². The molecule has 0 saturated carbocycles. The van der Waals surface area contributed by atoms with Crippen LogP contribution in [-0.2, 0) is 17.1 Å². The van der Waals surface area contributed by atoms with Crippen LogP contribution in [0.25, 0.3) is 0 Å². The van der Waals surface area contributed by atoms with Gasteiger partial charge in [0, 0.05) is 23.6 Å². The summed E-state index contributed by atoms with van der Waals surface area (Å²) >= 11 is 0. The van der Waals surface area contributed by atoms with Gasteiger partial charge < -0.3 is 4.28 Å². The Morgan fingerprint density at radius 3 is 1.40 bits per heavy atom. The normalized spacial score (nSPS) is 0.400. The van der Waals surface area contributed by atoms with E-state index in [4.69, 9.17) is 5.26 Å². The molecule has 0 aromatic carbocycles. The number of hydrogen-bond donors (Lipinski definition) is 0. The molecule has 0 N–H and O–H groups in total. The zero-order valence-electron chi connectivity index (χ0n) is 6.09. The molecule has 0 fully saturated rings. The van der Waals surface area contributed by atoms with E-state index in [1.807, 2.05) is 0 Å². The van der Waals surface area contributed by atoms with Crippen LogP contribution in [0.2, 0.25) is 0 Å². The van der Waals surface area contributed by atoms with Crippen LogP contribution >= 0.6 is 0 Å². The fourth-order valence-electron chi connectivity index (χ4n) is 0. The van der Waals surface area contributed by atoms with E-state index in [0.717, 1.165) is 0 Å². The van der Waals surface area contributed by atoms with Crippen molar-refractivity contribution in [1.82, 2.24) is 0 Å². The van der Waals surface area contributed by atoms with Gasteiger partial charge in [-0.05, 0) is 0 Å². The van der Waals surface area contributed by atoms with Gasteiger partial charge in [0.25, 0.3) is 0 Å². The van der Waals surface area contributed by atoms with E-state index in [1.165, 1.54) is 0 Å². The molecule has 1 nitrogen and oxygen atoms in total. The van der Waals surface area contributed by atoms with Crippen LogP contribution in [0.5, 0.6) is 0 Å². The summed E-state index contributed by atoms with van der Waals surface area (Å²) in [6.45, 7) is 3.50. The molecule has 0 aromatic rings. The maximum atomic E-state index is 6.50. The van der Waals surface area contributed by atoms with Crippen molar-refractivity contribution >= 4 is 48.9 Å². The van der Waals surface area contributed by atoms with Crippen LogP contribution < -0.4 is 51.4 Å². The molecule has 0 rings (SSSR count). The Balaban J connectivity index is -0.000000000333. The minimum absolute atomic E-state index is 0. The molecule has 0 heterocycles. The maximum absolute atomic E-state index is 6.50. The largest absolute Gasteiger partial charge is 2.00 e. The third kappa shape index (κ3) is 19.0. The SMILES string of the molecule is C#N.[Ba+2].[Fe].[H-].[H-].[H-].[K+]. The monoisotopic (exact) mass is 263 g/mol. The molecule has 5 heavy (non-hydrogen) atoms. The van der Waals surface area contributed by atoms with Gasteiger partial charge in [-0.1, -0.05) is 0 Å². The third-order valence-electron chi connectivity index (χ3n) is 0. The van der Waals surface area contributed by atoms with Gasteiger partial charge in [-0.3, -0.25) is 0 Å². The molecular weight excluding hydrogens is 258 g/mol. The van der Waals surface area contributed by atoms with E-state index in [1.54, 1.807) is 0 Å². The van der Waals surface area contributed by atoms with Gasteiger partial charge in [-0.15, -0.1) is 0 Å². The van der Waals surface area contributed by atoms with E-state index in [2.05, 4.69) is 6.57 Å². The molecule has 0 aliphatic heterocycles. The Labute approximate surface area is 130 Å². The first-order chi connectivity index (χ1) is 1.00. The van der Waals surface area contributed by atoms with Crippen molar-refractivity contribution < 1.29 is 72.7 Å². The average molecular weight is 262 g/mol. The first-order valence-electron chi connectivity index (χ1n) is 0.258. The quantitative estimate of drug-likeness (QED) is 0.430. The first kappa shape index (κ1) is 24.1. The van der Waals surface area contributed by atoms with Gasteiger partial charge in [-0.2, -0.15) is 0 Å². The Kier molecular flexibility index (Phi) is 130. The van der Waals surface area contributed by atoms with Crippen LogP contribution in [0.1, 0.15) is 4.28 Å². The summed E-state index contributed by atoms with van der Waals surface area (Å²) < 4.78 is 0. The predicted molar refractivity (Wildman–Crippen MR) is 15.8 cm³/mol. The van der Waals surface area contributed by atoms with Crippen molar-refractivity contribution in [3.8, 4) is 6.57 Å². The molecule has 4 heteroatoms. The van der Waals surface area contributed by atoms with Crippen LogP contribution in [-0.4, -0.2) is 48.9 Å². The third-order valence-corrected chi connectivity index (χ3v) is 0. The molecule has 0 bridgehead atoms. The van der Waals surface area contributed by atoms with Crippen molar-refractivity contribution in [3.05, 3.63) is 0 Å². The molecule has 0 spiro atoms. The fourth-order valence-corrected chi connectivity index (χ4v) is 0. The maximum Gasteiger partial charge on any atom is 2.00 e. The predicted octanol–water partition coefficient (Wildman–Crippen LogP) is -2.90. The Hall–Kier alpha value is 3.22. The second-order valence-corrected chi connectivity index (χ2v) is 0. The standard InChI is InChI=1S/CHN.Ba.Fe.K.3H/c1-2;;;;;;/h1H;;;;;;/q;+2;;+1;3*-1. The molecule has 0 atom stereocenters. The Morgan fingerprint density at radius 2 is 1.40 bits per heavy atom. The van der Waals surface area contributed by atoms with E-state index in [0.29, 0.717) is 0 Å². The smallest absolute Gasteiger partial charge is 1.00 e. The van der Waals surface area contributed by atoms with E-state index in [-0.39, 0.29) is 122 Å². The van der Waals surface area contributed by atoms with Gasteiger partial charge in [0.15, 0.2) is 0 Å². The molecule has 0 amide bonds. The zero-order chi connectivity index (χ0) is 2.00. The summed E-state index contributed by atoms with van der Waals surface area (Å²) in [5.41, 5.74) is 0. The minimum Gasteiger partial charge on any atom is -1.00 e. The first-order valence-corrected chi connectivity index (χ1v) is 0.258. The zero-order valence-corrected chi connectivity index (χ0v) is 11.8. The Morgan fingerprint density at radius 1 is 1.40 bits per heavy atom. The van der Waals surface area contributed by atoms with E-state index < -0.39 is 0 Å². The second-order valence-electron chi connectivity index (χ2n) is 0. The van der Waals surface area contributed by atoms with Gasteiger partial charge in [0.2, 0.25) is 0 Å². The molecule has 0 radical (unpaired) electrons. The van der Waals surface area contributed by atoms with Gasteiger partial charge in [0.05, 0.1) is 0 Å². The molecule has 24 valence electrons. The summed E-state index contributed by atoms with van der Waals surface area (Å²) in [5.74, 6) is 0. The van der Waals surface area contributed by atoms with Crippen LogP contribution in [0, 0.1) is 11.8 Å². The van der Waals surface area contributed by atoms with E-state index in [9.17, 15) is 0 Å². The molecule has 0 saturated heterocycles. The van der Waals surface area contributed by atoms with Crippen molar-refractivity contribution in [2.24, 2.45) is 0 Å². The van der Waals surface area contributed by atoms with Crippen molar-refractivity contribution in [2.75, 3.05) is 0 Å². The topological polar surface area (TPSA) is 23.8 Å². The fraction of sp³-hybridized carbons (Fsp3) is 0. The Bertz CT molecular complexity index is 24.0. The number of nitrogens with zero attached hydrogens (tertiary/aromatic N) is 1. The van der Waals surface area contributed by atoms with E-state index >= 15 is 0 Å². The molecule has 0 aliphatic carbocycles. The summed E-state index contributed by atoms with van der Waals surface area (Å²) in [6, 6.07) is 0. The summed E-state index contributed by atoms with van der Waals surface area (Å²) in [7, 11) is 0. The molecule has 0 aromatic heterocycles. The second kappa shape index (κ2) is 27.0. The van der Waals surface area contributed by atoms with Crippen molar-refractivity contribution in [2.45, 2.75) is 0 Å². The van der Waals surface area contributed by atoms with Crippen LogP contribution in [0.4, 0.5) is 0 Å². The van der Waals surface area contributed by atoms with Gasteiger partial charge >= 0.3 is 100 Å². The van der Waals surface area contributed by atoms with Gasteiger partial charge in [0.1, 0.15) is 0 Å². The van der Waals surface area contributed by atoms with Crippen molar-refractivity contribution in [1.29, 1.82) is 5.26 Å². The summed E-state index contributed by atoms with van der Waals surface area (Å²) in [5, 5.41) is 6.50. The summed E-state index contributed by atoms with van der Waals surface area (Å²) in [4.78, 5) is 0. The molecular formula is CH4BaFeKN. The average Bonchev–Trinajstić information content (AvgIpc) is 1.00. The van der Waals surface area contributed by atoms with Crippen LogP contribution in [0.15, 0.2) is 0 Å². The summed E-state index contributed by atoms with van der Waals surface area (Å²) in [6.07, 6.45) is 0.